The van der Waals surface area contributed by atoms with Crippen LogP contribution in [-0.2, 0) is 6.42 Å². The Bertz CT molecular complexity index is 778. The first-order valence-corrected chi connectivity index (χ1v) is 9.12. The first-order chi connectivity index (χ1) is 12.5. The molecular formula is C21H24N2O3. The molecule has 0 saturated carbocycles. The number of carbonyl (C=O) groups is 1. The number of hydrogen-bond donors (Lipinski definition) is 0. The molecule has 2 aromatic rings. The third-order valence-corrected chi connectivity index (χ3v) is 5.17. The minimum Gasteiger partial charge on any atom is -0.339 e. The Morgan fingerprint density at radius 2 is 1.85 bits per heavy atom. The van der Waals surface area contributed by atoms with Gasteiger partial charge in [0.05, 0.1) is 4.92 Å². The zero-order valence-corrected chi connectivity index (χ0v) is 15.1. The number of nitro groups is 1. The molecule has 0 spiro atoms. The van der Waals surface area contributed by atoms with E-state index < -0.39 is 4.92 Å². The lowest BCUT2D eigenvalue weighted by molar-refractivity contribution is -0.384. The SMILES string of the molecule is Cc1ccc(CCC2CCN(C(=O)c3cccc([N+](=O)[O-])c3)CC2)cc1. The van der Waals surface area contributed by atoms with Crippen LogP contribution < -0.4 is 0 Å². The molecule has 0 unspecified atom stereocenters. The second-order valence-electron chi connectivity index (χ2n) is 7.07. The fourth-order valence-corrected chi connectivity index (χ4v) is 3.49. The summed E-state index contributed by atoms with van der Waals surface area (Å²) < 4.78 is 0. The largest absolute Gasteiger partial charge is 0.339 e. The number of nitro benzene ring substituents is 1. The number of non-ortho nitro benzene ring substituents is 1. The summed E-state index contributed by atoms with van der Waals surface area (Å²) in [5.41, 5.74) is 3.01. The van der Waals surface area contributed by atoms with Gasteiger partial charge in [0.1, 0.15) is 0 Å². The van der Waals surface area contributed by atoms with Crippen LogP contribution >= 0.6 is 0 Å². The van der Waals surface area contributed by atoms with Gasteiger partial charge in [-0.1, -0.05) is 35.9 Å². The monoisotopic (exact) mass is 352 g/mol. The molecule has 136 valence electrons. The lowest BCUT2D eigenvalue weighted by Gasteiger charge is -2.32. The summed E-state index contributed by atoms with van der Waals surface area (Å²) in [4.78, 5) is 24.8. The van der Waals surface area contributed by atoms with Crippen LogP contribution in [0.15, 0.2) is 48.5 Å². The van der Waals surface area contributed by atoms with E-state index in [9.17, 15) is 14.9 Å². The van der Waals surface area contributed by atoms with E-state index in [2.05, 4.69) is 31.2 Å². The Balaban J connectivity index is 1.51. The summed E-state index contributed by atoms with van der Waals surface area (Å²) >= 11 is 0. The van der Waals surface area contributed by atoms with Crippen LogP contribution in [0.4, 0.5) is 5.69 Å². The zero-order valence-electron chi connectivity index (χ0n) is 15.1. The van der Waals surface area contributed by atoms with Gasteiger partial charge in [0.25, 0.3) is 11.6 Å². The normalized spacial score (nSPS) is 15.0. The molecule has 2 aromatic carbocycles. The van der Waals surface area contributed by atoms with E-state index in [0.717, 1.165) is 38.8 Å². The number of amides is 1. The van der Waals surface area contributed by atoms with Crippen LogP contribution in [0.2, 0.25) is 0 Å². The van der Waals surface area contributed by atoms with Crippen LogP contribution in [0, 0.1) is 23.0 Å². The average molecular weight is 352 g/mol. The topological polar surface area (TPSA) is 63.5 Å². The summed E-state index contributed by atoms with van der Waals surface area (Å²) in [7, 11) is 0. The van der Waals surface area contributed by atoms with Crippen molar-refractivity contribution in [3.8, 4) is 0 Å². The van der Waals surface area contributed by atoms with Gasteiger partial charge in [0.2, 0.25) is 0 Å². The average Bonchev–Trinajstić information content (AvgIpc) is 2.67. The smallest absolute Gasteiger partial charge is 0.270 e. The molecule has 3 rings (SSSR count). The molecule has 26 heavy (non-hydrogen) atoms. The van der Waals surface area contributed by atoms with Crippen molar-refractivity contribution >= 4 is 11.6 Å². The molecule has 5 heteroatoms. The summed E-state index contributed by atoms with van der Waals surface area (Å²) in [6, 6.07) is 14.7. The number of nitrogens with zero attached hydrogens (tertiary/aromatic N) is 2. The quantitative estimate of drug-likeness (QED) is 0.592. The summed E-state index contributed by atoms with van der Waals surface area (Å²) in [5, 5.41) is 10.9. The van der Waals surface area contributed by atoms with Gasteiger partial charge in [-0.3, -0.25) is 14.9 Å². The van der Waals surface area contributed by atoms with Gasteiger partial charge in [0.15, 0.2) is 0 Å². The second-order valence-corrected chi connectivity index (χ2v) is 7.07. The van der Waals surface area contributed by atoms with E-state index in [1.165, 1.54) is 23.3 Å². The van der Waals surface area contributed by atoms with E-state index in [4.69, 9.17) is 0 Å². The van der Waals surface area contributed by atoms with Gasteiger partial charge in [-0.25, -0.2) is 0 Å². The van der Waals surface area contributed by atoms with Crippen molar-refractivity contribution in [2.45, 2.75) is 32.6 Å². The van der Waals surface area contributed by atoms with Gasteiger partial charge in [-0.05, 0) is 50.2 Å². The highest BCUT2D eigenvalue weighted by Gasteiger charge is 2.24. The van der Waals surface area contributed by atoms with Gasteiger partial charge in [0, 0.05) is 30.8 Å². The Morgan fingerprint density at radius 3 is 2.50 bits per heavy atom. The number of piperidine rings is 1. The molecule has 5 nitrogen and oxygen atoms in total. The molecule has 0 aromatic heterocycles. The number of benzene rings is 2. The predicted octanol–water partition coefficient (Wildman–Crippen LogP) is 4.39. The fraction of sp³-hybridized carbons (Fsp3) is 0.381. The summed E-state index contributed by atoms with van der Waals surface area (Å²) in [6.07, 6.45) is 4.20. The second kappa shape index (κ2) is 8.13. The maximum absolute atomic E-state index is 12.6. The number of hydrogen-bond acceptors (Lipinski definition) is 3. The maximum Gasteiger partial charge on any atom is 0.270 e. The number of likely N-dealkylation sites (tertiary alicyclic amines) is 1. The Labute approximate surface area is 153 Å². The third kappa shape index (κ3) is 4.48. The lowest BCUT2D eigenvalue weighted by Crippen LogP contribution is -2.38. The highest BCUT2D eigenvalue weighted by Crippen LogP contribution is 2.24. The maximum atomic E-state index is 12.6. The molecular weight excluding hydrogens is 328 g/mol. The van der Waals surface area contributed by atoms with Gasteiger partial charge >= 0.3 is 0 Å². The zero-order chi connectivity index (χ0) is 18.5. The molecule has 0 aliphatic carbocycles. The van der Waals surface area contributed by atoms with Crippen LogP contribution in [0.3, 0.4) is 0 Å². The van der Waals surface area contributed by atoms with E-state index in [1.54, 1.807) is 12.1 Å². The summed E-state index contributed by atoms with van der Waals surface area (Å²) in [6.45, 7) is 3.54. The predicted molar refractivity (Wildman–Crippen MR) is 101 cm³/mol. The molecule has 1 heterocycles. The van der Waals surface area contributed by atoms with Crippen molar-refractivity contribution in [3.63, 3.8) is 0 Å². The highest BCUT2D eigenvalue weighted by atomic mass is 16.6. The molecule has 1 fully saturated rings. The number of aryl methyl sites for hydroxylation is 2. The standard InChI is InChI=1S/C21H24N2O3/c1-16-5-7-17(8-6-16)9-10-18-11-13-22(14-12-18)21(24)19-3-2-4-20(15-19)23(25)26/h2-8,15,18H,9-14H2,1H3. The fourth-order valence-electron chi connectivity index (χ4n) is 3.49. The van der Waals surface area contributed by atoms with E-state index in [0.29, 0.717) is 11.5 Å². The van der Waals surface area contributed by atoms with Crippen molar-refractivity contribution in [1.29, 1.82) is 0 Å². The van der Waals surface area contributed by atoms with Crippen molar-refractivity contribution in [1.82, 2.24) is 4.90 Å². The van der Waals surface area contributed by atoms with E-state index in [1.807, 2.05) is 4.90 Å². The minimum absolute atomic E-state index is 0.0381. The Hall–Kier alpha value is -2.69. The first-order valence-electron chi connectivity index (χ1n) is 9.12. The molecule has 0 bridgehead atoms. The third-order valence-electron chi connectivity index (χ3n) is 5.17. The number of rotatable bonds is 5. The first kappa shape index (κ1) is 18.1. The minimum atomic E-state index is -0.464. The molecule has 0 radical (unpaired) electrons. The molecule has 1 amide bonds. The Morgan fingerprint density at radius 1 is 1.15 bits per heavy atom. The molecule has 1 aliphatic heterocycles. The van der Waals surface area contributed by atoms with E-state index >= 15 is 0 Å². The van der Waals surface area contributed by atoms with Gasteiger partial charge < -0.3 is 4.90 Å². The van der Waals surface area contributed by atoms with Crippen molar-refractivity contribution in [2.75, 3.05) is 13.1 Å². The van der Waals surface area contributed by atoms with Crippen molar-refractivity contribution < 1.29 is 9.72 Å². The van der Waals surface area contributed by atoms with Crippen LogP contribution in [-0.4, -0.2) is 28.8 Å². The number of carbonyl (C=O) groups excluding carboxylic acids is 1. The van der Waals surface area contributed by atoms with Crippen LogP contribution in [0.1, 0.15) is 40.7 Å². The summed E-state index contributed by atoms with van der Waals surface area (Å²) in [5.74, 6) is 0.524. The molecule has 1 aliphatic rings. The van der Waals surface area contributed by atoms with Crippen LogP contribution in [0.5, 0.6) is 0 Å². The van der Waals surface area contributed by atoms with Crippen molar-refractivity contribution in [3.05, 3.63) is 75.3 Å². The highest BCUT2D eigenvalue weighted by molar-refractivity contribution is 5.94. The van der Waals surface area contributed by atoms with Crippen LogP contribution in [0.25, 0.3) is 0 Å². The molecule has 1 saturated heterocycles. The Kier molecular flexibility index (Phi) is 5.66. The van der Waals surface area contributed by atoms with Gasteiger partial charge in [-0.2, -0.15) is 0 Å². The lowest BCUT2D eigenvalue weighted by atomic mass is 9.90. The van der Waals surface area contributed by atoms with Gasteiger partial charge in [-0.15, -0.1) is 0 Å². The molecule has 0 atom stereocenters. The van der Waals surface area contributed by atoms with Crippen molar-refractivity contribution in [2.24, 2.45) is 5.92 Å². The van der Waals surface area contributed by atoms with E-state index in [-0.39, 0.29) is 11.6 Å². The molecule has 0 N–H and O–H groups in total.